The molecule has 2 unspecified atom stereocenters. The summed E-state index contributed by atoms with van der Waals surface area (Å²) in [4.78, 5) is 18.4. The summed E-state index contributed by atoms with van der Waals surface area (Å²) >= 11 is 9.06. The van der Waals surface area contributed by atoms with Crippen LogP contribution in [0.3, 0.4) is 0 Å². The Kier molecular flexibility index (Phi) is 6.60. The third-order valence-corrected chi connectivity index (χ3v) is 6.48. The van der Waals surface area contributed by atoms with Crippen molar-refractivity contribution in [1.82, 2.24) is 4.98 Å². The van der Waals surface area contributed by atoms with Gasteiger partial charge in [-0.05, 0) is 47.6 Å². The number of hydrogen-bond donors (Lipinski definition) is 1. The van der Waals surface area contributed by atoms with Crippen LogP contribution in [-0.2, 0) is 0 Å². The molecule has 0 radical (unpaired) electrons. The number of Topliss-reactive ketones (excluding diaryl/α,β-unsaturated/α-hetero) is 1. The molecule has 0 aromatic carbocycles. The van der Waals surface area contributed by atoms with Crippen LogP contribution in [-0.4, -0.2) is 15.9 Å². The summed E-state index contributed by atoms with van der Waals surface area (Å²) in [6, 6.07) is 9.08. The third kappa shape index (κ3) is 4.38. The quantitative estimate of drug-likeness (QED) is 0.363. The first-order valence-corrected chi connectivity index (χ1v) is 10.8. The van der Waals surface area contributed by atoms with E-state index in [9.17, 15) is 9.90 Å². The third-order valence-electron chi connectivity index (χ3n) is 4.54. The van der Waals surface area contributed by atoms with E-state index in [0.29, 0.717) is 21.0 Å². The molecule has 3 aromatic rings. The molecule has 0 spiro atoms. The van der Waals surface area contributed by atoms with Crippen molar-refractivity contribution in [2.24, 2.45) is 5.92 Å². The van der Waals surface area contributed by atoms with Gasteiger partial charge in [0, 0.05) is 39.4 Å². The number of carbonyl (C=O) groups is 1. The predicted molar refractivity (Wildman–Crippen MR) is 114 cm³/mol. The molecule has 0 aliphatic rings. The maximum atomic E-state index is 13.4. The SMILES string of the molecule is CCC(C)/C(=C(\C(=O)c1ccsc1)C(O)c1cccnc1)c1ccc(Cl)s1. The highest BCUT2D eigenvalue weighted by Crippen LogP contribution is 2.40. The molecule has 0 saturated carbocycles. The van der Waals surface area contributed by atoms with Crippen molar-refractivity contribution in [3.63, 3.8) is 0 Å². The number of ketones is 1. The summed E-state index contributed by atoms with van der Waals surface area (Å²) in [5.74, 6) is -0.0731. The van der Waals surface area contributed by atoms with Gasteiger partial charge in [0.15, 0.2) is 5.78 Å². The van der Waals surface area contributed by atoms with Crippen LogP contribution in [0.15, 0.2) is 59.1 Å². The largest absolute Gasteiger partial charge is 0.383 e. The number of allylic oxidation sites excluding steroid dienone is 1. The smallest absolute Gasteiger partial charge is 0.193 e. The lowest BCUT2D eigenvalue weighted by Crippen LogP contribution is -2.16. The predicted octanol–water partition coefficient (Wildman–Crippen LogP) is 6.27. The number of nitrogens with zero attached hydrogens (tertiary/aromatic N) is 1. The Morgan fingerprint density at radius 2 is 2.11 bits per heavy atom. The Hall–Kier alpha value is -1.79. The van der Waals surface area contributed by atoms with E-state index in [2.05, 4.69) is 18.8 Å². The molecule has 0 fully saturated rings. The molecule has 0 aliphatic heterocycles. The van der Waals surface area contributed by atoms with Gasteiger partial charge in [-0.3, -0.25) is 9.78 Å². The van der Waals surface area contributed by atoms with Crippen LogP contribution in [0.25, 0.3) is 5.57 Å². The van der Waals surface area contributed by atoms with Crippen LogP contribution in [0.1, 0.15) is 47.2 Å². The number of thiophene rings is 2. The van der Waals surface area contributed by atoms with Crippen molar-refractivity contribution in [1.29, 1.82) is 0 Å². The molecule has 0 aliphatic carbocycles. The molecule has 2 atom stereocenters. The van der Waals surface area contributed by atoms with E-state index in [1.165, 1.54) is 22.7 Å². The molecule has 1 N–H and O–H groups in total. The minimum atomic E-state index is -1.06. The number of aromatic nitrogens is 1. The minimum Gasteiger partial charge on any atom is -0.383 e. The van der Waals surface area contributed by atoms with Crippen molar-refractivity contribution < 1.29 is 9.90 Å². The zero-order chi connectivity index (χ0) is 19.4. The second kappa shape index (κ2) is 8.93. The molecule has 0 amide bonds. The molecular formula is C21H20ClNO2S2. The fourth-order valence-corrected chi connectivity index (χ4v) is 4.80. The highest BCUT2D eigenvalue weighted by Gasteiger charge is 2.29. The van der Waals surface area contributed by atoms with Gasteiger partial charge >= 0.3 is 0 Å². The van der Waals surface area contributed by atoms with Gasteiger partial charge in [-0.25, -0.2) is 0 Å². The normalized spacial score (nSPS) is 14.5. The molecule has 3 aromatic heterocycles. The van der Waals surface area contributed by atoms with Crippen LogP contribution < -0.4 is 0 Å². The van der Waals surface area contributed by atoms with E-state index in [4.69, 9.17) is 11.6 Å². The topological polar surface area (TPSA) is 50.2 Å². The fourth-order valence-electron chi connectivity index (χ4n) is 2.95. The van der Waals surface area contributed by atoms with Crippen LogP contribution >= 0.6 is 34.3 Å². The van der Waals surface area contributed by atoms with Crippen LogP contribution in [0.5, 0.6) is 0 Å². The molecular weight excluding hydrogens is 398 g/mol. The first kappa shape index (κ1) is 20.0. The van der Waals surface area contributed by atoms with Crippen LogP contribution in [0.2, 0.25) is 4.34 Å². The van der Waals surface area contributed by atoms with Gasteiger partial charge in [-0.15, -0.1) is 11.3 Å². The van der Waals surface area contributed by atoms with Crippen molar-refractivity contribution in [3.05, 3.63) is 79.4 Å². The van der Waals surface area contributed by atoms with E-state index in [0.717, 1.165) is 16.9 Å². The lowest BCUT2D eigenvalue weighted by molar-refractivity contribution is 0.0988. The molecule has 3 heterocycles. The second-order valence-corrected chi connectivity index (χ2v) is 8.77. The van der Waals surface area contributed by atoms with Crippen molar-refractivity contribution in [2.45, 2.75) is 26.4 Å². The Labute approximate surface area is 172 Å². The Balaban J connectivity index is 2.24. The summed E-state index contributed by atoms with van der Waals surface area (Å²) < 4.78 is 0.656. The van der Waals surface area contributed by atoms with Crippen molar-refractivity contribution in [2.75, 3.05) is 0 Å². The van der Waals surface area contributed by atoms with Crippen LogP contribution in [0.4, 0.5) is 0 Å². The van der Waals surface area contributed by atoms with Gasteiger partial charge in [-0.2, -0.15) is 11.3 Å². The first-order chi connectivity index (χ1) is 13.0. The van der Waals surface area contributed by atoms with Gasteiger partial charge in [-0.1, -0.05) is 31.5 Å². The number of rotatable bonds is 7. The van der Waals surface area contributed by atoms with E-state index < -0.39 is 6.10 Å². The van der Waals surface area contributed by atoms with E-state index in [-0.39, 0.29) is 11.7 Å². The lowest BCUT2D eigenvalue weighted by Gasteiger charge is -2.22. The highest BCUT2D eigenvalue weighted by molar-refractivity contribution is 7.17. The maximum absolute atomic E-state index is 13.4. The number of hydrogen-bond acceptors (Lipinski definition) is 5. The van der Waals surface area contributed by atoms with Gasteiger partial charge < -0.3 is 5.11 Å². The Morgan fingerprint density at radius 1 is 1.30 bits per heavy atom. The average molecular weight is 418 g/mol. The minimum absolute atomic E-state index is 0.0867. The van der Waals surface area contributed by atoms with E-state index >= 15 is 0 Å². The number of pyridine rings is 1. The van der Waals surface area contributed by atoms with Gasteiger partial charge in [0.05, 0.1) is 4.34 Å². The summed E-state index contributed by atoms with van der Waals surface area (Å²) in [6.07, 6.45) is 3.03. The lowest BCUT2D eigenvalue weighted by atomic mass is 9.84. The van der Waals surface area contributed by atoms with Gasteiger partial charge in [0.2, 0.25) is 0 Å². The summed E-state index contributed by atoms with van der Waals surface area (Å²) in [7, 11) is 0. The molecule has 6 heteroatoms. The van der Waals surface area contributed by atoms with Gasteiger partial charge in [0.1, 0.15) is 6.10 Å². The van der Waals surface area contributed by atoms with Crippen LogP contribution in [0, 0.1) is 5.92 Å². The Morgan fingerprint density at radius 3 is 2.67 bits per heavy atom. The molecule has 0 bridgehead atoms. The summed E-state index contributed by atoms with van der Waals surface area (Å²) in [5, 5.41) is 14.9. The average Bonchev–Trinajstić information content (AvgIpc) is 3.37. The highest BCUT2D eigenvalue weighted by atomic mass is 35.5. The standard InChI is InChI=1S/C21H20ClNO2S2/c1-3-13(2)18(16-6-7-17(22)27-16)19(21(25)15-8-10-26-12-15)20(24)14-5-4-9-23-11-14/h4-13,20,24H,3H2,1-2H3/b19-18+. The molecule has 27 heavy (non-hydrogen) atoms. The van der Waals surface area contributed by atoms with E-state index in [1.54, 1.807) is 30.6 Å². The second-order valence-electron chi connectivity index (χ2n) is 6.27. The molecule has 140 valence electrons. The Bertz CT molecular complexity index is 932. The molecule has 0 saturated heterocycles. The fraction of sp³-hybridized carbons (Fsp3) is 0.238. The number of carbonyl (C=O) groups excluding carboxylic acids is 1. The van der Waals surface area contributed by atoms with Crippen molar-refractivity contribution >= 4 is 45.6 Å². The number of aliphatic hydroxyl groups excluding tert-OH is 1. The monoisotopic (exact) mass is 417 g/mol. The molecule has 3 rings (SSSR count). The zero-order valence-electron chi connectivity index (χ0n) is 15.1. The molecule has 3 nitrogen and oxygen atoms in total. The van der Waals surface area contributed by atoms with Gasteiger partial charge in [0.25, 0.3) is 0 Å². The first-order valence-electron chi connectivity index (χ1n) is 8.67. The number of halogens is 1. The summed E-state index contributed by atoms with van der Waals surface area (Å²) in [6.45, 7) is 4.14. The number of aliphatic hydroxyl groups is 1. The van der Waals surface area contributed by atoms with Crippen molar-refractivity contribution in [3.8, 4) is 0 Å². The zero-order valence-corrected chi connectivity index (χ0v) is 17.4. The van der Waals surface area contributed by atoms with E-state index in [1.807, 2.05) is 22.9 Å². The summed E-state index contributed by atoms with van der Waals surface area (Å²) in [5.41, 5.74) is 2.43. The maximum Gasteiger partial charge on any atom is 0.193 e.